The van der Waals surface area contributed by atoms with E-state index in [2.05, 4.69) is 15.0 Å². The summed E-state index contributed by atoms with van der Waals surface area (Å²) in [6.07, 6.45) is 2.74. The van der Waals surface area contributed by atoms with Gasteiger partial charge in [0.1, 0.15) is 4.90 Å². The molecular weight excluding hydrogens is 408 g/mol. The summed E-state index contributed by atoms with van der Waals surface area (Å²) in [6, 6.07) is 10.0. The first-order valence-corrected chi connectivity index (χ1v) is 11.1. The molecule has 0 spiro atoms. The van der Waals surface area contributed by atoms with Crippen molar-refractivity contribution in [3.8, 4) is 0 Å². The quantitative estimate of drug-likeness (QED) is 0.629. The number of rotatable bonds is 8. The van der Waals surface area contributed by atoms with Gasteiger partial charge in [0.2, 0.25) is 15.9 Å². The van der Waals surface area contributed by atoms with Crippen molar-refractivity contribution in [3.63, 3.8) is 0 Å². The predicted octanol–water partition coefficient (Wildman–Crippen LogP) is 0.539. The molecule has 1 aliphatic rings. The molecule has 2 aromatic rings. The van der Waals surface area contributed by atoms with Gasteiger partial charge in [0.15, 0.2) is 0 Å². The first kappa shape index (κ1) is 21.9. The van der Waals surface area contributed by atoms with Crippen LogP contribution in [-0.2, 0) is 26.1 Å². The Balaban J connectivity index is 1.42. The van der Waals surface area contributed by atoms with Crippen molar-refractivity contribution in [1.29, 1.82) is 0 Å². The second-order valence-electron chi connectivity index (χ2n) is 6.71. The zero-order valence-corrected chi connectivity index (χ0v) is 17.2. The van der Waals surface area contributed by atoms with Crippen molar-refractivity contribution in [1.82, 2.24) is 19.9 Å². The van der Waals surface area contributed by atoms with E-state index in [4.69, 9.17) is 4.74 Å². The molecule has 0 bridgehead atoms. The van der Waals surface area contributed by atoms with Gasteiger partial charge >= 0.3 is 0 Å². The average molecular weight is 433 g/mol. The van der Waals surface area contributed by atoms with Crippen molar-refractivity contribution in [3.05, 3.63) is 59.9 Å². The molecule has 2 N–H and O–H groups in total. The molecule has 1 saturated heterocycles. The number of amides is 2. The molecule has 1 aliphatic heterocycles. The minimum absolute atomic E-state index is 0.00704. The van der Waals surface area contributed by atoms with Gasteiger partial charge in [-0.2, -0.15) is 0 Å². The van der Waals surface area contributed by atoms with Gasteiger partial charge in [-0.1, -0.05) is 12.1 Å². The maximum absolute atomic E-state index is 12.4. The first-order chi connectivity index (χ1) is 14.5. The number of nitrogens with one attached hydrogen (secondary N) is 2. The normalized spacial score (nSPS) is 14.3. The van der Waals surface area contributed by atoms with E-state index in [0.717, 1.165) is 5.56 Å². The molecule has 0 saturated carbocycles. The van der Waals surface area contributed by atoms with Gasteiger partial charge in [0.05, 0.1) is 13.2 Å². The number of morpholine rings is 1. The molecular formula is C20H24N4O5S. The second kappa shape index (κ2) is 10.3. The van der Waals surface area contributed by atoms with E-state index in [0.29, 0.717) is 38.4 Å². The van der Waals surface area contributed by atoms with Gasteiger partial charge in [-0.25, -0.2) is 13.1 Å². The number of aromatic nitrogens is 1. The van der Waals surface area contributed by atoms with Crippen LogP contribution in [0.2, 0.25) is 0 Å². The summed E-state index contributed by atoms with van der Waals surface area (Å²) in [5, 5.41) is 2.74. The summed E-state index contributed by atoms with van der Waals surface area (Å²) < 4.78 is 31.8. The smallest absolute Gasteiger partial charge is 0.254 e. The van der Waals surface area contributed by atoms with Crippen molar-refractivity contribution in [2.45, 2.75) is 17.9 Å². The fourth-order valence-electron chi connectivity index (χ4n) is 2.89. The van der Waals surface area contributed by atoms with E-state index < -0.39 is 10.0 Å². The minimum atomic E-state index is -3.68. The summed E-state index contributed by atoms with van der Waals surface area (Å²) in [5.41, 5.74) is 1.44. The Morgan fingerprint density at radius 2 is 1.83 bits per heavy atom. The van der Waals surface area contributed by atoms with Crippen LogP contribution in [-0.4, -0.2) is 63.0 Å². The Hall–Kier alpha value is -2.82. The van der Waals surface area contributed by atoms with E-state index in [1.165, 1.54) is 24.5 Å². The minimum Gasteiger partial charge on any atom is -0.378 e. The van der Waals surface area contributed by atoms with Crippen LogP contribution in [0, 0.1) is 0 Å². The summed E-state index contributed by atoms with van der Waals surface area (Å²) in [7, 11) is -3.68. The SMILES string of the molecule is O=C(CCNS(=O)(=O)c1cccnc1)NCc1ccc(C(=O)N2CCOCC2)cc1. The first-order valence-electron chi connectivity index (χ1n) is 9.58. The molecule has 0 unspecified atom stereocenters. The van der Waals surface area contributed by atoms with Gasteiger partial charge < -0.3 is 15.0 Å². The number of carbonyl (C=O) groups excluding carboxylic acids is 2. The lowest BCUT2D eigenvalue weighted by atomic mass is 10.1. The molecule has 0 atom stereocenters. The maximum atomic E-state index is 12.4. The third kappa shape index (κ3) is 6.09. The Bertz CT molecular complexity index is 958. The standard InChI is InChI=1S/C20H24N4O5S/c25-19(7-9-23-30(27,28)18-2-1-8-21-15-18)22-14-16-3-5-17(6-4-16)20(26)24-10-12-29-13-11-24/h1-6,8,15,23H,7,9-14H2,(H,22,25). The molecule has 0 aliphatic carbocycles. The van der Waals surface area contributed by atoms with E-state index in [9.17, 15) is 18.0 Å². The largest absolute Gasteiger partial charge is 0.378 e. The zero-order valence-electron chi connectivity index (χ0n) is 16.4. The molecule has 3 rings (SSSR count). The number of hydrogen-bond donors (Lipinski definition) is 2. The zero-order chi connectivity index (χ0) is 21.4. The lowest BCUT2D eigenvalue weighted by molar-refractivity contribution is -0.121. The number of nitrogens with zero attached hydrogens (tertiary/aromatic N) is 2. The summed E-state index contributed by atoms with van der Waals surface area (Å²) in [4.78, 5) is 30.0. The highest BCUT2D eigenvalue weighted by Crippen LogP contribution is 2.10. The predicted molar refractivity (Wildman–Crippen MR) is 109 cm³/mol. The highest BCUT2D eigenvalue weighted by Gasteiger charge is 2.18. The number of carbonyl (C=O) groups is 2. The van der Waals surface area contributed by atoms with E-state index in [1.807, 2.05) is 0 Å². The number of sulfonamides is 1. The van der Waals surface area contributed by atoms with E-state index in [1.54, 1.807) is 29.2 Å². The molecule has 160 valence electrons. The molecule has 2 amide bonds. The van der Waals surface area contributed by atoms with E-state index >= 15 is 0 Å². The van der Waals surface area contributed by atoms with Crippen LogP contribution < -0.4 is 10.0 Å². The van der Waals surface area contributed by atoms with Crippen LogP contribution in [0.4, 0.5) is 0 Å². The van der Waals surface area contributed by atoms with Crippen LogP contribution in [0.5, 0.6) is 0 Å². The average Bonchev–Trinajstić information content (AvgIpc) is 2.78. The molecule has 10 heteroatoms. The third-order valence-electron chi connectivity index (χ3n) is 4.58. The molecule has 30 heavy (non-hydrogen) atoms. The number of ether oxygens (including phenoxy) is 1. The Labute approximate surface area is 175 Å². The second-order valence-corrected chi connectivity index (χ2v) is 8.48. The number of hydrogen-bond acceptors (Lipinski definition) is 6. The van der Waals surface area contributed by atoms with Crippen LogP contribution in [0.3, 0.4) is 0 Å². The van der Waals surface area contributed by atoms with E-state index in [-0.39, 0.29) is 29.7 Å². The Morgan fingerprint density at radius 1 is 1.10 bits per heavy atom. The lowest BCUT2D eigenvalue weighted by Crippen LogP contribution is -2.40. The van der Waals surface area contributed by atoms with Crippen molar-refractivity contribution in [2.24, 2.45) is 0 Å². The van der Waals surface area contributed by atoms with Crippen molar-refractivity contribution in [2.75, 3.05) is 32.8 Å². The molecule has 1 fully saturated rings. The molecule has 1 aromatic carbocycles. The maximum Gasteiger partial charge on any atom is 0.254 e. The van der Waals surface area contributed by atoms with Crippen molar-refractivity contribution >= 4 is 21.8 Å². The van der Waals surface area contributed by atoms with Gasteiger partial charge in [-0.3, -0.25) is 14.6 Å². The summed E-state index contributed by atoms with van der Waals surface area (Å²) in [5.74, 6) is -0.313. The van der Waals surface area contributed by atoms with Gasteiger partial charge in [-0.15, -0.1) is 0 Å². The lowest BCUT2D eigenvalue weighted by Gasteiger charge is -2.26. The Morgan fingerprint density at radius 3 is 2.50 bits per heavy atom. The van der Waals surface area contributed by atoms with Crippen molar-refractivity contribution < 1.29 is 22.7 Å². The van der Waals surface area contributed by atoms with Gasteiger partial charge in [0, 0.05) is 50.6 Å². The third-order valence-corrected chi connectivity index (χ3v) is 6.02. The monoisotopic (exact) mass is 432 g/mol. The summed E-state index contributed by atoms with van der Waals surface area (Å²) >= 11 is 0. The van der Waals surface area contributed by atoms with Crippen LogP contribution >= 0.6 is 0 Å². The fourth-order valence-corrected chi connectivity index (χ4v) is 3.89. The molecule has 1 aromatic heterocycles. The van der Waals surface area contributed by atoms with Gasteiger partial charge in [0.25, 0.3) is 5.91 Å². The van der Waals surface area contributed by atoms with Crippen LogP contribution in [0.15, 0.2) is 53.7 Å². The van der Waals surface area contributed by atoms with Crippen LogP contribution in [0.1, 0.15) is 22.3 Å². The van der Waals surface area contributed by atoms with Gasteiger partial charge in [-0.05, 0) is 29.8 Å². The number of benzene rings is 1. The highest BCUT2D eigenvalue weighted by molar-refractivity contribution is 7.89. The molecule has 9 nitrogen and oxygen atoms in total. The Kier molecular flexibility index (Phi) is 7.50. The topological polar surface area (TPSA) is 118 Å². The van der Waals surface area contributed by atoms with Crippen LogP contribution in [0.25, 0.3) is 0 Å². The molecule has 2 heterocycles. The summed E-state index contributed by atoms with van der Waals surface area (Å²) in [6.45, 7) is 2.54. The fraction of sp³-hybridized carbons (Fsp3) is 0.350. The highest BCUT2D eigenvalue weighted by atomic mass is 32.2. The molecule has 0 radical (unpaired) electrons. The number of pyridine rings is 1.